The topological polar surface area (TPSA) is 260 Å². The second-order valence-electron chi connectivity index (χ2n) is 21.4. The van der Waals surface area contributed by atoms with Gasteiger partial charge in [-0.15, -0.1) is 0 Å². The van der Waals surface area contributed by atoms with E-state index >= 15 is 0 Å². The number of amides is 8. The first-order chi connectivity index (χ1) is 51.0. The second kappa shape index (κ2) is 41.0. The molecule has 19 nitrogen and oxygen atoms in total. The molecule has 0 aromatic heterocycles. The number of carbonyl (C=O) groups is 11. The molecule has 105 heavy (non-hydrogen) atoms. The Morgan fingerprint density at radius 2 is 0.467 bits per heavy atom. The number of fused-ring (bicyclic) bond motifs is 4. The maximum absolute atomic E-state index is 13.6. The quantitative estimate of drug-likeness (QED) is 0.0163. The van der Waals surface area contributed by atoms with Crippen LogP contribution in [0.1, 0.15) is 219 Å². The van der Waals surface area contributed by atoms with Crippen molar-refractivity contribution in [1.82, 2.24) is 19.6 Å². The molecular weight excluding hydrogens is 1350 g/mol. The second-order valence-corrected chi connectivity index (χ2v) is 21.8. The number of rotatable bonds is 17. The number of imide groups is 4. The molecule has 2 N–H and O–H groups in total. The Hall–Kier alpha value is -10.6. The molecule has 10 aromatic carbocycles. The van der Waals surface area contributed by atoms with E-state index in [1.165, 1.54) is 19.6 Å². The minimum atomic E-state index is -0.573. The van der Waals surface area contributed by atoms with Gasteiger partial charge in [-0.2, -0.15) is 0 Å². The number of carbonyl (C=O) groups excluding carboxylic acids is 11. The van der Waals surface area contributed by atoms with Crippen molar-refractivity contribution < 1.29 is 72.4 Å². The van der Waals surface area contributed by atoms with Gasteiger partial charge < -0.3 is 19.7 Å². The molecule has 0 atom stereocenters. The Morgan fingerprint density at radius 3 is 0.610 bits per heavy atom. The summed E-state index contributed by atoms with van der Waals surface area (Å²) < 4.78 is 10.0. The van der Waals surface area contributed by atoms with Gasteiger partial charge in [-0.25, -0.2) is 9.59 Å². The van der Waals surface area contributed by atoms with E-state index in [9.17, 15) is 63.0 Å². The Bertz CT molecular complexity index is 4360. The molecule has 0 radical (unpaired) electrons. The molecule has 0 unspecified atom stereocenters. The van der Waals surface area contributed by atoms with E-state index in [4.69, 9.17) is 21.1 Å². The normalized spacial score (nSPS) is 12.5. The number of nitrogens with zero attached hydrogens (tertiary/aromatic N) is 4. The van der Waals surface area contributed by atoms with Crippen molar-refractivity contribution in [2.75, 3.05) is 52.6 Å². The summed E-state index contributed by atoms with van der Waals surface area (Å²) in [5.74, 6) is -4.38. The van der Waals surface area contributed by atoms with Crippen LogP contribution in [0.2, 0.25) is 0 Å². The summed E-state index contributed by atoms with van der Waals surface area (Å²) in [5, 5.41) is 30.0. The zero-order valence-electron chi connectivity index (χ0n) is 63.4. The summed E-state index contributed by atoms with van der Waals surface area (Å²) >= 11 is 4.71. The molecule has 556 valence electrons. The van der Waals surface area contributed by atoms with Crippen LogP contribution in [0.15, 0.2) is 135 Å². The van der Waals surface area contributed by atoms with Gasteiger partial charge >= 0.3 is 11.9 Å². The predicted octanol–water partition coefficient (Wildman–Crippen LogP) is 18.0. The third-order valence-corrected chi connectivity index (χ3v) is 16.9. The lowest BCUT2D eigenvalue weighted by molar-refractivity contribution is -0.138. The van der Waals surface area contributed by atoms with E-state index < -0.39 is 40.8 Å². The number of hydrogen-bond acceptors (Lipinski definition) is 15. The zero-order valence-corrected chi connectivity index (χ0v) is 64.2. The zero-order chi connectivity index (χ0) is 78.9. The van der Waals surface area contributed by atoms with E-state index in [0.29, 0.717) is 78.9 Å². The average Bonchev–Trinajstić information content (AvgIpc) is 0.697. The molecule has 0 spiro atoms. The van der Waals surface area contributed by atoms with Gasteiger partial charge in [-0.05, 0) is 157 Å². The highest BCUT2D eigenvalue weighted by Gasteiger charge is 2.39. The average molecular weight is 1450 g/mol. The van der Waals surface area contributed by atoms with Crippen LogP contribution in [-0.4, -0.2) is 147 Å². The van der Waals surface area contributed by atoms with E-state index in [-0.39, 0.29) is 89.1 Å². The fraction of sp³-hybridized carbons (Fsp3) is 0.329. The first-order valence-electron chi connectivity index (χ1n) is 36.5. The first-order valence-corrected chi connectivity index (χ1v) is 36.9. The molecule has 4 heterocycles. The first kappa shape index (κ1) is 86.8. The van der Waals surface area contributed by atoms with Crippen LogP contribution < -0.4 is 0 Å². The number of allylic oxidation sites excluding steroid dienone is 1. The van der Waals surface area contributed by atoms with Gasteiger partial charge in [-0.3, -0.25) is 62.8 Å². The van der Waals surface area contributed by atoms with Gasteiger partial charge in [0.2, 0.25) is 5.24 Å². The van der Waals surface area contributed by atoms with Crippen LogP contribution in [0.3, 0.4) is 0 Å². The lowest BCUT2D eigenvalue weighted by Gasteiger charge is -2.30. The number of hydrogen-bond donors (Lipinski definition) is 2. The van der Waals surface area contributed by atoms with Crippen LogP contribution in [0.5, 0.6) is 0 Å². The van der Waals surface area contributed by atoms with E-state index in [1.807, 2.05) is 159 Å². The summed E-state index contributed by atoms with van der Waals surface area (Å²) in [7, 11) is 0. The molecule has 0 aliphatic carbocycles. The molecule has 0 saturated carbocycles. The van der Waals surface area contributed by atoms with Gasteiger partial charge in [0.25, 0.3) is 47.3 Å². The lowest BCUT2D eigenvalue weighted by atomic mass is 9.82. The minimum absolute atomic E-state index is 0.0424. The predicted molar refractivity (Wildman–Crippen MR) is 424 cm³/mol. The standard InChI is InChI=1S/C36H26N2O8.C30H22N2O6.C3H3ClO.8C2H6/c1-3-27(39)45-17-5-15-37-33(41)23-11-7-19-21-9-13-25-32-26(36(44)38(35(25)43)16-6-18-46-28(40)4-2)14-10-22(30(21)32)20-8-12-24(34(37)42)31(23)29(19)20;33-13-1-11-31-27(35)19-7-3-15-17-5-9-21-26-22(30(38)32(29(21)37)12-2-14-34)10-6-18(24(17)26)16-4-8-20(28(31)36)25(19)23(15)16;1-2-3(4)5;8*1-2/h3-4,7-14H,1-2,5-6,15-18H2;3-10,33-34H,1-2,11-14H2;2H,1H2;8*1-2H3. The largest absolute Gasteiger partial charge is 0.462 e. The summed E-state index contributed by atoms with van der Waals surface area (Å²) in [6.07, 6.45) is 4.33. The smallest absolute Gasteiger partial charge is 0.330 e. The molecule has 20 heteroatoms. The fourth-order valence-electron chi connectivity index (χ4n) is 12.9. The van der Waals surface area contributed by atoms with Crippen LogP contribution >= 0.6 is 11.6 Å². The van der Waals surface area contributed by atoms with Crippen LogP contribution in [0.4, 0.5) is 0 Å². The van der Waals surface area contributed by atoms with E-state index in [2.05, 4.69) is 19.7 Å². The Morgan fingerprint density at radius 1 is 0.305 bits per heavy atom. The summed E-state index contributed by atoms with van der Waals surface area (Å²) in [5.41, 5.74) is 3.35. The van der Waals surface area contributed by atoms with Crippen LogP contribution in [0.25, 0.3) is 86.2 Å². The maximum Gasteiger partial charge on any atom is 0.330 e. The van der Waals surface area contributed by atoms with E-state index in [1.54, 1.807) is 48.5 Å². The summed E-state index contributed by atoms with van der Waals surface area (Å²) in [6, 6.07) is 28.7. The lowest BCUT2D eigenvalue weighted by Crippen LogP contribution is -2.41. The van der Waals surface area contributed by atoms with Gasteiger partial charge in [-0.1, -0.05) is 179 Å². The summed E-state index contributed by atoms with van der Waals surface area (Å²) in [6.45, 7) is 42.1. The van der Waals surface area contributed by atoms with Crippen molar-refractivity contribution in [3.63, 3.8) is 0 Å². The van der Waals surface area contributed by atoms with Gasteiger partial charge in [0.05, 0.1) is 13.2 Å². The Labute approximate surface area is 619 Å². The number of aliphatic hydroxyl groups is 2. The van der Waals surface area contributed by atoms with Gasteiger partial charge in [0, 0.05) is 118 Å². The number of halogens is 1. The molecule has 4 aliphatic rings. The van der Waals surface area contributed by atoms with Crippen molar-refractivity contribution in [3.8, 4) is 0 Å². The fourth-order valence-corrected chi connectivity index (χ4v) is 12.9. The molecular formula is C85H99ClN4O15. The van der Waals surface area contributed by atoms with Gasteiger partial charge in [0.1, 0.15) is 0 Å². The number of benzene rings is 10. The molecule has 8 amide bonds. The third-order valence-electron chi connectivity index (χ3n) is 16.7. The van der Waals surface area contributed by atoms with Crippen molar-refractivity contribution in [3.05, 3.63) is 180 Å². The molecule has 0 bridgehead atoms. The van der Waals surface area contributed by atoms with E-state index in [0.717, 1.165) is 82.9 Å². The van der Waals surface area contributed by atoms with Crippen molar-refractivity contribution >= 4 is 162 Å². The highest BCUT2D eigenvalue weighted by Crippen LogP contribution is 2.49. The van der Waals surface area contributed by atoms with Crippen molar-refractivity contribution in [1.29, 1.82) is 0 Å². The molecule has 0 fully saturated rings. The Kier molecular flexibility index (Phi) is 33.9. The third kappa shape index (κ3) is 16.5. The van der Waals surface area contributed by atoms with Crippen LogP contribution in [0, 0.1) is 0 Å². The number of ether oxygens (including phenoxy) is 2. The van der Waals surface area contributed by atoms with Crippen molar-refractivity contribution in [2.24, 2.45) is 0 Å². The van der Waals surface area contributed by atoms with Gasteiger partial charge in [0.15, 0.2) is 0 Å². The SMILES string of the molecule is C=CC(=O)Cl.C=CC(=O)OCCCN1C(=O)c2ccc3c4ccc5c6c(ccc(c7ccc(c2c37)C1=O)c64)C(=O)N(CCCOC(=O)C=C)C5=O.CC.CC.CC.CC.CC.CC.CC.CC.O=C1c2ccc3c4ccc5c6c(ccc(c7ccc(c2c37)C(=O)N1CCCO)c64)C(=O)N(CCCO)C5=O. The monoisotopic (exact) mass is 1450 g/mol. The van der Waals surface area contributed by atoms with Crippen LogP contribution in [-0.2, 0) is 23.9 Å². The molecule has 4 aliphatic heterocycles. The molecule has 0 saturated heterocycles. The Balaban J connectivity index is 0.000000358. The summed E-state index contributed by atoms with van der Waals surface area (Å²) in [4.78, 5) is 145. The molecule has 10 aromatic rings. The minimum Gasteiger partial charge on any atom is -0.462 e. The number of aliphatic hydroxyl groups excluding tert-OH is 2. The maximum atomic E-state index is 13.6. The molecule has 14 rings (SSSR count). The number of esters is 2. The highest BCUT2D eigenvalue weighted by atomic mass is 35.5. The highest BCUT2D eigenvalue weighted by molar-refractivity contribution is 6.66. The van der Waals surface area contributed by atoms with Crippen molar-refractivity contribution in [2.45, 2.75) is 136 Å².